The van der Waals surface area contributed by atoms with E-state index in [-0.39, 0.29) is 5.91 Å². The molecule has 1 aliphatic heterocycles. The number of carbonyl (C=O) groups is 1. The highest BCUT2D eigenvalue weighted by atomic mass is 32.2. The highest BCUT2D eigenvalue weighted by Crippen LogP contribution is 2.17. The average Bonchev–Trinajstić information content (AvgIpc) is 2.47. The van der Waals surface area contributed by atoms with Crippen LogP contribution in [0.4, 0.5) is 5.95 Å². The summed E-state index contributed by atoms with van der Waals surface area (Å²) in [7, 11) is 0. The Balaban J connectivity index is 2.00. The Hall–Kier alpha value is -1.50. The highest BCUT2D eigenvalue weighted by molar-refractivity contribution is 7.99. The monoisotopic (exact) mass is 310 g/mol. The van der Waals surface area contributed by atoms with E-state index in [4.69, 9.17) is 4.74 Å². The summed E-state index contributed by atoms with van der Waals surface area (Å²) >= 11 is 1.56. The quantitative estimate of drug-likeness (QED) is 0.814. The van der Waals surface area contributed by atoms with Gasteiger partial charge in [-0.2, -0.15) is 16.7 Å². The van der Waals surface area contributed by atoms with E-state index in [0.29, 0.717) is 24.2 Å². The minimum Gasteiger partial charge on any atom is -0.478 e. The molecule has 0 saturated carbocycles. The number of carbonyl (C=O) groups excluding carboxylic acids is 1. The molecule has 7 heteroatoms. The number of aromatic nitrogens is 2. The first-order valence-electron chi connectivity index (χ1n) is 7.14. The molecule has 2 heterocycles. The fourth-order valence-corrected chi connectivity index (χ4v) is 2.69. The van der Waals surface area contributed by atoms with Gasteiger partial charge in [0.05, 0.1) is 12.4 Å². The van der Waals surface area contributed by atoms with Crippen molar-refractivity contribution in [3.63, 3.8) is 0 Å². The molecule has 0 radical (unpaired) electrons. The Labute approximate surface area is 129 Å². The van der Waals surface area contributed by atoms with Gasteiger partial charge in [-0.25, -0.2) is 4.98 Å². The van der Waals surface area contributed by atoms with E-state index in [2.05, 4.69) is 14.9 Å². The van der Waals surface area contributed by atoms with Crippen LogP contribution in [0, 0.1) is 6.92 Å². The van der Waals surface area contributed by atoms with Crippen molar-refractivity contribution in [2.45, 2.75) is 13.8 Å². The summed E-state index contributed by atoms with van der Waals surface area (Å²) in [5.74, 6) is 2.06. The minimum absolute atomic E-state index is 0.210. The van der Waals surface area contributed by atoms with E-state index in [0.717, 1.165) is 31.9 Å². The van der Waals surface area contributed by atoms with E-state index >= 15 is 0 Å². The van der Waals surface area contributed by atoms with E-state index < -0.39 is 0 Å². The molecule has 21 heavy (non-hydrogen) atoms. The van der Waals surface area contributed by atoms with Crippen LogP contribution in [-0.2, 0) is 4.79 Å². The van der Waals surface area contributed by atoms with Gasteiger partial charge in [-0.15, -0.1) is 0 Å². The number of ether oxygens (including phenoxy) is 1. The minimum atomic E-state index is 0.210. The van der Waals surface area contributed by atoms with Crippen LogP contribution < -0.4 is 9.64 Å². The molecule has 0 unspecified atom stereocenters. The fourth-order valence-electron chi connectivity index (χ4n) is 2.26. The zero-order valence-electron chi connectivity index (χ0n) is 12.8. The molecule has 0 bridgehead atoms. The van der Waals surface area contributed by atoms with Crippen LogP contribution in [0.25, 0.3) is 0 Å². The molecule has 1 aliphatic rings. The van der Waals surface area contributed by atoms with Crippen molar-refractivity contribution in [3.05, 3.63) is 11.8 Å². The lowest BCUT2D eigenvalue weighted by Gasteiger charge is -2.34. The van der Waals surface area contributed by atoms with Crippen molar-refractivity contribution >= 4 is 23.6 Å². The van der Waals surface area contributed by atoms with Crippen LogP contribution in [0.5, 0.6) is 5.88 Å². The molecular formula is C14H22N4O2S. The number of rotatable bonds is 5. The summed E-state index contributed by atoms with van der Waals surface area (Å²) in [5, 5.41) is 0. The molecular weight excluding hydrogens is 288 g/mol. The third kappa shape index (κ3) is 4.23. The van der Waals surface area contributed by atoms with Gasteiger partial charge in [0.25, 0.3) is 0 Å². The van der Waals surface area contributed by atoms with Crippen molar-refractivity contribution in [1.82, 2.24) is 14.9 Å². The SMILES string of the molecule is CCOc1cc(C)nc(N2CCN(C(=O)CSC)CC2)n1. The Kier molecular flexibility index (Phi) is 5.67. The standard InChI is InChI=1S/C14H22N4O2S/c1-4-20-12-9-11(2)15-14(16-12)18-7-5-17(6-8-18)13(19)10-21-3/h9H,4-8,10H2,1-3H3. The number of anilines is 1. The van der Waals surface area contributed by atoms with Crippen LogP contribution in [0.3, 0.4) is 0 Å². The van der Waals surface area contributed by atoms with Crippen molar-refractivity contribution in [2.75, 3.05) is 49.7 Å². The molecule has 0 spiro atoms. The van der Waals surface area contributed by atoms with E-state index in [1.165, 1.54) is 0 Å². The lowest BCUT2D eigenvalue weighted by atomic mass is 10.3. The molecule has 116 valence electrons. The third-order valence-electron chi connectivity index (χ3n) is 3.29. The second-order valence-electron chi connectivity index (χ2n) is 4.88. The normalized spacial score (nSPS) is 15.2. The summed E-state index contributed by atoms with van der Waals surface area (Å²) in [6.45, 7) is 7.43. The van der Waals surface area contributed by atoms with Crippen molar-refractivity contribution in [1.29, 1.82) is 0 Å². The molecule has 1 aromatic rings. The van der Waals surface area contributed by atoms with Gasteiger partial charge < -0.3 is 14.5 Å². The van der Waals surface area contributed by atoms with Gasteiger partial charge >= 0.3 is 0 Å². The molecule has 1 fully saturated rings. The van der Waals surface area contributed by atoms with Gasteiger partial charge in [0.15, 0.2) is 0 Å². The number of aryl methyl sites for hydroxylation is 1. The largest absolute Gasteiger partial charge is 0.478 e. The van der Waals surface area contributed by atoms with Gasteiger partial charge in [-0.1, -0.05) is 0 Å². The maximum Gasteiger partial charge on any atom is 0.232 e. The maximum atomic E-state index is 11.9. The zero-order valence-corrected chi connectivity index (χ0v) is 13.7. The summed E-state index contributed by atoms with van der Waals surface area (Å²) in [4.78, 5) is 24.8. The van der Waals surface area contributed by atoms with Crippen LogP contribution in [0.15, 0.2) is 6.07 Å². The molecule has 2 rings (SSSR count). The van der Waals surface area contributed by atoms with Crippen LogP contribution in [-0.4, -0.2) is 65.6 Å². The first-order chi connectivity index (χ1) is 10.1. The number of hydrogen-bond acceptors (Lipinski definition) is 6. The molecule has 0 N–H and O–H groups in total. The topological polar surface area (TPSA) is 58.6 Å². The van der Waals surface area contributed by atoms with Gasteiger partial charge in [0, 0.05) is 37.9 Å². The molecule has 0 atom stereocenters. The fraction of sp³-hybridized carbons (Fsp3) is 0.643. The van der Waals surface area contributed by atoms with Gasteiger partial charge in [0.1, 0.15) is 0 Å². The number of piperazine rings is 1. The number of hydrogen-bond donors (Lipinski definition) is 0. The van der Waals surface area contributed by atoms with E-state index in [9.17, 15) is 4.79 Å². The van der Waals surface area contributed by atoms with E-state index in [1.807, 2.05) is 31.1 Å². The van der Waals surface area contributed by atoms with Gasteiger partial charge in [-0.3, -0.25) is 4.79 Å². The van der Waals surface area contributed by atoms with Crippen molar-refractivity contribution < 1.29 is 9.53 Å². The Morgan fingerprint density at radius 3 is 2.67 bits per heavy atom. The lowest BCUT2D eigenvalue weighted by Crippen LogP contribution is -2.49. The lowest BCUT2D eigenvalue weighted by molar-refractivity contribution is -0.128. The number of thioether (sulfide) groups is 1. The maximum absolute atomic E-state index is 11.9. The van der Waals surface area contributed by atoms with Gasteiger partial charge in [0.2, 0.25) is 17.7 Å². The van der Waals surface area contributed by atoms with Crippen molar-refractivity contribution in [3.8, 4) is 5.88 Å². The van der Waals surface area contributed by atoms with E-state index in [1.54, 1.807) is 11.8 Å². The molecule has 1 amide bonds. The first-order valence-corrected chi connectivity index (χ1v) is 8.53. The predicted octanol–water partition coefficient (Wildman–Crippen LogP) is 1.20. The summed E-state index contributed by atoms with van der Waals surface area (Å²) < 4.78 is 5.46. The highest BCUT2D eigenvalue weighted by Gasteiger charge is 2.22. The van der Waals surface area contributed by atoms with Gasteiger partial charge in [-0.05, 0) is 20.1 Å². The van der Waals surface area contributed by atoms with Crippen LogP contribution in [0.2, 0.25) is 0 Å². The zero-order chi connectivity index (χ0) is 15.2. The first kappa shape index (κ1) is 15.9. The summed E-state index contributed by atoms with van der Waals surface area (Å²) in [5.41, 5.74) is 0.893. The molecule has 0 aliphatic carbocycles. The van der Waals surface area contributed by atoms with Crippen molar-refractivity contribution in [2.24, 2.45) is 0 Å². The second kappa shape index (κ2) is 7.49. The number of amides is 1. The van der Waals surface area contributed by atoms with Crippen LogP contribution >= 0.6 is 11.8 Å². The molecule has 1 aromatic heterocycles. The Morgan fingerprint density at radius 1 is 1.33 bits per heavy atom. The molecule has 6 nitrogen and oxygen atoms in total. The molecule has 1 saturated heterocycles. The Morgan fingerprint density at radius 2 is 2.05 bits per heavy atom. The second-order valence-corrected chi connectivity index (χ2v) is 5.75. The number of nitrogens with zero attached hydrogens (tertiary/aromatic N) is 4. The molecule has 0 aromatic carbocycles. The Bertz CT molecular complexity index is 490. The smallest absolute Gasteiger partial charge is 0.232 e. The van der Waals surface area contributed by atoms with Crippen LogP contribution in [0.1, 0.15) is 12.6 Å². The third-order valence-corrected chi connectivity index (χ3v) is 3.83. The summed E-state index contributed by atoms with van der Waals surface area (Å²) in [6.07, 6.45) is 1.95. The summed E-state index contributed by atoms with van der Waals surface area (Å²) in [6, 6.07) is 1.84. The average molecular weight is 310 g/mol. The predicted molar refractivity (Wildman–Crippen MR) is 85.1 cm³/mol.